The van der Waals surface area contributed by atoms with Crippen molar-refractivity contribution in [3.05, 3.63) is 53.5 Å². The van der Waals surface area contributed by atoms with Crippen molar-refractivity contribution in [3.8, 4) is 0 Å². The lowest BCUT2D eigenvalue weighted by atomic mass is 10.1. The molecule has 1 aromatic carbocycles. The number of aryl methyl sites for hydroxylation is 1. The Morgan fingerprint density at radius 3 is 2.84 bits per heavy atom. The van der Waals surface area contributed by atoms with Crippen molar-refractivity contribution in [1.82, 2.24) is 5.32 Å². The third kappa shape index (κ3) is 2.38. The van der Waals surface area contributed by atoms with E-state index in [1.807, 2.05) is 13.0 Å². The normalized spacial score (nSPS) is 16.8. The van der Waals surface area contributed by atoms with E-state index in [2.05, 4.69) is 47.5 Å². The third-order valence-electron chi connectivity index (χ3n) is 3.79. The maximum absolute atomic E-state index is 5.79. The van der Waals surface area contributed by atoms with E-state index >= 15 is 0 Å². The first kappa shape index (κ1) is 12.3. The Labute approximate surface area is 114 Å². The van der Waals surface area contributed by atoms with Gasteiger partial charge in [0.05, 0.1) is 6.04 Å². The summed E-state index contributed by atoms with van der Waals surface area (Å²) in [6, 6.07) is 13.0. The molecule has 0 saturated heterocycles. The first-order valence-corrected chi connectivity index (χ1v) is 6.87. The van der Waals surface area contributed by atoms with E-state index in [0.29, 0.717) is 0 Å². The summed E-state index contributed by atoms with van der Waals surface area (Å²) in [4.78, 5) is 2.42. The predicted molar refractivity (Wildman–Crippen MR) is 77.4 cm³/mol. The second-order valence-corrected chi connectivity index (χ2v) is 5.12. The van der Waals surface area contributed by atoms with E-state index in [1.165, 1.54) is 11.3 Å². The van der Waals surface area contributed by atoms with E-state index in [1.54, 1.807) is 0 Å². The molecule has 3 heteroatoms. The molecule has 0 aliphatic carbocycles. The Hall–Kier alpha value is -1.74. The van der Waals surface area contributed by atoms with Crippen LogP contribution in [-0.2, 0) is 6.54 Å². The van der Waals surface area contributed by atoms with E-state index in [0.717, 1.165) is 31.2 Å². The summed E-state index contributed by atoms with van der Waals surface area (Å²) in [7, 11) is 0. The molecule has 1 unspecified atom stereocenters. The summed E-state index contributed by atoms with van der Waals surface area (Å²) < 4.78 is 5.79. The minimum Gasteiger partial charge on any atom is -0.464 e. The molecule has 1 aliphatic heterocycles. The molecule has 1 atom stereocenters. The van der Waals surface area contributed by atoms with Gasteiger partial charge in [-0.05, 0) is 37.6 Å². The zero-order chi connectivity index (χ0) is 13.2. The number of hydrogen-bond donors (Lipinski definition) is 1. The predicted octanol–water partition coefficient (Wildman–Crippen LogP) is 3.26. The van der Waals surface area contributed by atoms with Gasteiger partial charge in [-0.15, -0.1) is 0 Å². The van der Waals surface area contributed by atoms with Gasteiger partial charge in [0.15, 0.2) is 0 Å². The monoisotopic (exact) mass is 256 g/mol. The van der Waals surface area contributed by atoms with Crippen LogP contribution in [0.1, 0.15) is 30.0 Å². The summed E-state index contributed by atoms with van der Waals surface area (Å²) in [5.41, 5.74) is 2.67. The number of benzene rings is 1. The highest BCUT2D eigenvalue weighted by Gasteiger charge is 2.22. The fraction of sp³-hybridized carbons (Fsp3) is 0.375. The van der Waals surface area contributed by atoms with Crippen LogP contribution in [0.2, 0.25) is 0 Å². The molecule has 1 aliphatic rings. The average molecular weight is 256 g/mol. The summed E-state index contributed by atoms with van der Waals surface area (Å²) in [5.74, 6) is 2.01. The van der Waals surface area contributed by atoms with Crippen LogP contribution in [-0.4, -0.2) is 13.1 Å². The molecule has 3 rings (SSSR count). The van der Waals surface area contributed by atoms with Crippen LogP contribution < -0.4 is 10.2 Å². The summed E-state index contributed by atoms with van der Waals surface area (Å²) >= 11 is 0. The Morgan fingerprint density at radius 2 is 2.05 bits per heavy atom. The molecule has 0 spiro atoms. The van der Waals surface area contributed by atoms with Crippen LogP contribution in [0, 0.1) is 6.92 Å². The quantitative estimate of drug-likeness (QED) is 0.894. The fourth-order valence-corrected chi connectivity index (χ4v) is 2.72. The Balaban J connectivity index is 1.95. The second kappa shape index (κ2) is 5.10. The van der Waals surface area contributed by atoms with Crippen molar-refractivity contribution in [2.24, 2.45) is 0 Å². The number of furan rings is 1. The molecule has 19 heavy (non-hydrogen) atoms. The SMILES string of the molecule is Cc1ccc(C(C)N2CCNCc3ccccc32)o1. The zero-order valence-electron chi connectivity index (χ0n) is 11.5. The molecular formula is C16H20N2O. The fourth-order valence-electron chi connectivity index (χ4n) is 2.72. The van der Waals surface area contributed by atoms with Crippen molar-refractivity contribution in [2.45, 2.75) is 26.4 Å². The van der Waals surface area contributed by atoms with Gasteiger partial charge in [0, 0.05) is 25.3 Å². The minimum atomic E-state index is 0.259. The highest BCUT2D eigenvalue weighted by atomic mass is 16.3. The first-order valence-electron chi connectivity index (χ1n) is 6.87. The molecule has 0 bridgehead atoms. The topological polar surface area (TPSA) is 28.4 Å². The Morgan fingerprint density at radius 1 is 1.21 bits per heavy atom. The van der Waals surface area contributed by atoms with Gasteiger partial charge in [-0.2, -0.15) is 0 Å². The molecule has 1 aromatic heterocycles. The van der Waals surface area contributed by atoms with Crippen molar-refractivity contribution in [3.63, 3.8) is 0 Å². The highest BCUT2D eigenvalue weighted by molar-refractivity contribution is 5.55. The molecular weight excluding hydrogens is 236 g/mol. The van der Waals surface area contributed by atoms with Gasteiger partial charge in [0.1, 0.15) is 11.5 Å². The molecule has 3 nitrogen and oxygen atoms in total. The van der Waals surface area contributed by atoms with Gasteiger partial charge in [-0.1, -0.05) is 18.2 Å². The van der Waals surface area contributed by atoms with Crippen LogP contribution in [0.15, 0.2) is 40.8 Å². The molecule has 2 heterocycles. The van der Waals surface area contributed by atoms with Gasteiger partial charge >= 0.3 is 0 Å². The molecule has 2 aromatic rings. The molecule has 1 N–H and O–H groups in total. The molecule has 100 valence electrons. The average Bonchev–Trinajstić information content (AvgIpc) is 2.74. The summed E-state index contributed by atoms with van der Waals surface area (Å²) in [6.45, 7) is 7.14. The standard InChI is InChI=1S/C16H20N2O/c1-12-7-8-16(19-12)13(2)18-10-9-17-11-14-5-3-4-6-15(14)18/h3-8,13,17H,9-11H2,1-2H3. The van der Waals surface area contributed by atoms with Crippen LogP contribution in [0.5, 0.6) is 0 Å². The molecule has 0 fully saturated rings. The lowest BCUT2D eigenvalue weighted by Gasteiger charge is -2.30. The van der Waals surface area contributed by atoms with Gasteiger partial charge in [0.25, 0.3) is 0 Å². The van der Waals surface area contributed by atoms with Crippen LogP contribution in [0.25, 0.3) is 0 Å². The van der Waals surface area contributed by atoms with Gasteiger partial charge in [0.2, 0.25) is 0 Å². The van der Waals surface area contributed by atoms with E-state index in [4.69, 9.17) is 4.42 Å². The van der Waals surface area contributed by atoms with Gasteiger partial charge in [-0.25, -0.2) is 0 Å². The second-order valence-electron chi connectivity index (χ2n) is 5.12. The maximum Gasteiger partial charge on any atom is 0.126 e. The molecule has 0 radical (unpaired) electrons. The van der Waals surface area contributed by atoms with Gasteiger partial charge in [-0.3, -0.25) is 0 Å². The largest absolute Gasteiger partial charge is 0.464 e. The van der Waals surface area contributed by atoms with E-state index in [-0.39, 0.29) is 6.04 Å². The summed E-state index contributed by atoms with van der Waals surface area (Å²) in [6.07, 6.45) is 0. The number of fused-ring (bicyclic) bond motifs is 1. The maximum atomic E-state index is 5.79. The van der Waals surface area contributed by atoms with Crippen LogP contribution >= 0.6 is 0 Å². The molecule has 0 amide bonds. The first-order chi connectivity index (χ1) is 9.25. The zero-order valence-corrected chi connectivity index (χ0v) is 11.5. The van der Waals surface area contributed by atoms with E-state index in [9.17, 15) is 0 Å². The van der Waals surface area contributed by atoms with Crippen molar-refractivity contribution in [1.29, 1.82) is 0 Å². The lowest BCUT2D eigenvalue weighted by molar-refractivity contribution is 0.443. The van der Waals surface area contributed by atoms with Gasteiger partial charge < -0.3 is 14.6 Å². The number of para-hydroxylation sites is 1. The number of hydrogen-bond acceptors (Lipinski definition) is 3. The van der Waals surface area contributed by atoms with Crippen molar-refractivity contribution >= 4 is 5.69 Å². The lowest BCUT2D eigenvalue weighted by Crippen LogP contribution is -2.31. The summed E-state index contributed by atoms with van der Waals surface area (Å²) in [5, 5.41) is 3.47. The van der Waals surface area contributed by atoms with Crippen molar-refractivity contribution in [2.75, 3.05) is 18.0 Å². The van der Waals surface area contributed by atoms with Crippen LogP contribution in [0.4, 0.5) is 5.69 Å². The number of nitrogens with zero attached hydrogens (tertiary/aromatic N) is 1. The van der Waals surface area contributed by atoms with Crippen molar-refractivity contribution < 1.29 is 4.42 Å². The number of anilines is 1. The third-order valence-corrected chi connectivity index (χ3v) is 3.79. The smallest absolute Gasteiger partial charge is 0.126 e. The number of nitrogens with one attached hydrogen (secondary N) is 1. The minimum absolute atomic E-state index is 0.259. The van der Waals surface area contributed by atoms with Crippen LogP contribution in [0.3, 0.4) is 0 Å². The Bertz CT molecular complexity index is 561. The number of rotatable bonds is 2. The Kier molecular flexibility index (Phi) is 3.30. The molecule has 0 saturated carbocycles. The van der Waals surface area contributed by atoms with E-state index < -0.39 is 0 Å². The highest BCUT2D eigenvalue weighted by Crippen LogP contribution is 2.31.